The summed E-state index contributed by atoms with van der Waals surface area (Å²) in [5.74, 6) is 0. The molecule has 1 aliphatic heterocycles. The highest BCUT2D eigenvalue weighted by Crippen LogP contribution is 2.15. The molecule has 1 aromatic rings. The molecule has 1 aliphatic rings. The predicted octanol–water partition coefficient (Wildman–Crippen LogP) is 1.56. The van der Waals surface area contributed by atoms with Gasteiger partial charge in [0.25, 0.3) is 0 Å². The van der Waals surface area contributed by atoms with E-state index in [0.717, 1.165) is 26.2 Å². The minimum Gasteiger partial charge on any atom is -0.376 e. The Bertz CT molecular complexity index is 305. The fraction of sp³-hybridized carbons (Fsp3) is 0.750. The van der Waals surface area contributed by atoms with E-state index in [-0.39, 0.29) is 0 Å². The van der Waals surface area contributed by atoms with Crippen LogP contribution in [0.25, 0.3) is 0 Å². The summed E-state index contributed by atoms with van der Waals surface area (Å²) in [6, 6.07) is 0. The van der Waals surface area contributed by atoms with Crippen LogP contribution in [0.3, 0.4) is 0 Å². The number of imidazole rings is 1. The van der Waals surface area contributed by atoms with Crippen molar-refractivity contribution >= 4 is 0 Å². The van der Waals surface area contributed by atoms with Gasteiger partial charge in [0.2, 0.25) is 0 Å². The fourth-order valence-corrected chi connectivity index (χ4v) is 2.08. The van der Waals surface area contributed by atoms with Crippen molar-refractivity contribution < 1.29 is 4.74 Å². The number of ether oxygens (including phenoxy) is 1. The largest absolute Gasteiger partial charge is 0.376 e. The Morgan fingerprint density at radius 2 is 2.50 bits per heavy atom. The second-order valence-electron chi connectivity index (χ2n) is 4.31. The maximum absolute atomic E-state index is 5.74. The summed E-state index contributed by atoms with van der Waals surface area (Å²) in [4.78, 5) is 4.21. The fourth-order valence-electron chi connectivity index (χ4n) is 2.08. The predicted molar refractivity (Wildman–Crippen MR) is 63.2 cm³/mol. The lowest BCUT2D eigenvalue weighted by molar-refractivity contribution is 0.00553. The van der Waals surface area contributed by atoms with Gasteiger partial charge in [-0.1, -0.05) is 6.92 Å². The molecule has 1 aromatic heterocycles. The van der Waals surface area contributed by atoms with Crippen molar-refractivity contribution in [2.45, 2.75) is 45.4 Å². The Kier molecular flexibility index (Phi) is 4.36. The first kappa shape index (κ1) is 11.6. The molecule has 4 nitrogen and oxygen atoms in total. The van der Waals surface area contributed by atoms with E-state index < -0.39 is 0 Å². The second-order valence-corrected chi connectivity index (χ2v) is 4.31. The number of nitrogens with one attached hydrogen (secondary N) is 1. The number of aromatic nitrogens is 2. The molecule has 4 heteroatoms. The molecule has 0 aromatic carbocycles. The standard InChI is InChI=1S/C12H21N3O/c1-2-13-7-11-8-14-10-15(11)9-12-5-3-4-6-16-12/h8,10,12-13H,2-7,9H2,1H3. The Morgan fingerprint density at radius 1 is 1.56 bits per heavy atom. The average Bonchev–Trinajstić information content (AvgIpc) is 2.75. The minimum atomic E-state index is 0.378. The van der Waals surface area contributed by atoms with E-state index in [1.807, 2.05) is 12.5 Å². The summed E-state index contributed by atoms with van der Waals surface area (Å²) < 4.78 is 7.95. The normalized spacial score (nSPS) is 21.2. The van der Waals surface area contributed by atoms with Crippen molar-refractivity contribution in [2.75, 3.05) is 13.2 Å². The summed E-state index contributed by atoms with van der Waals surface area (Å²) in [6.45, 7) is 5.86. The molecule has 1 unspecified atom stereocenters. The topological polar surface area (TPSA) is 39.1 Å². The van der Waals surface area contributed by atoms with Crippen LogP contribution in [0.4, 0.5) is 0 Å². The monoisotopic (exact) mass is 223 g/mol. The van der Waals surface area contributed by atoms with E-state index >= 15 is 0 Å². The van der Waals surface area contributed by atoms with Gasteiger partial charge in [0.05, 0.1) is 24.7 Å². The number of hydrogen-bond donors (Lipinski definition) is 1. The zero-order valence-electron chi connectivity index (χ0n) is 9.98. The molecule has 1 saturated heterocycles. The van der Waals surface area contributed by atoms with Gasteiger partial charge in [-0.3, -0.25) is 0 Å². The van der Waals surface area contributed by atoms with E-state index in [1.54, 1.807) is 0 Å². The van der Waals surface area contributed by atoms with Crippen molar-refractivity contribution in [3.05, 3.63) is 18.2 Å². The van der Waals surface area contributed by atoms with Gasteiger partial charge in [-0.25, -0.2) is 4.98 Å². The summed E-state index contributed by atoms with van der Waals surface area (Å²) in [6.07, 6.45) is 7.91. The molecule has 0 saturated carbocycles. The number of nitrogens with zero attached hydrogens (tertiary/aromatic N) is 2. The smallest absolute Gasteiger partial charge is 0.0949 e. The lowest BCUT2D eigenvalue weighted by atomic mass is 10.1. The van der Waals surface area contributed by atoms with Gasteiger partial charge < -0.3 is 14.6 Å². The van der Waals surface area contributed by atoms with Crippen LogP contribution in [0, 0.1) is 0 Å². The third kappa shape index (κ3) is 3.06. The van der Waals surface area contributed by atoms with Gasteiger partial charge in [-0.2, -0.15) is 0 Å². The van der Waals surface area contributed by atoms with Gasteiger partial charge in [0.15, 0.2) is 0 Å². The van der Waals surface area contributed by atoms with E-state index in [4.69, 9.17) is 4.74 Å². The van der Waals surface area contributed by atoms with Gasteiger partial charge >= 0.3 is 0 Å². The van der Waals surface area contributed by atoms with Crippen LogP contribution < -0.4 is 5.32 Å². The molecule has 1 fully saturated rings. The number of rotatable bonds is 5. The minimum absolute atomic E-state index is 0.378. The van der Waals surface area contributed by atoms with Crippen LogP contribution in [-0.4, -0.2) is 28.8 Å². The van der Waals surface area contributed by atoms with Crippen LogP contribution in [0.2, 0.25) is 0 Å². The van der Waals surface area contributed by atoms with Gasteiger partial charge in [-0.15, -0.1) is 0 Å². The van der Waals surface area contributed by atoms with Crippen LogP contribution >= 0.6 is 0 Å². The summed E-state index contributed by atoms with van der Waals surface area (Å²) in [5.41, 5.74) is 1.25. The Hall–Kier alpha value is -0.870. The second kappa shape index (κ2) is 6.01. The molecular weight excluding hydrogens is 202 g/mol. The lowest BCUT2D eigenvalue weighted by Crippen LogP contribution is -2.26. The van der Waals surface area contributed by atoms with Crippen molar-refractivity contribution in [3.63, 3.8) is 0 Å². The Morgan fingerprint density at radius 3 is 3.25 bits per heavy atom. The highest BCUT2D eigenvalue weighted by Gasteiger charge is 2.15. The molecule has 90 valence electrons. The van der Waals surface area contributed by atoms with Gasteiger partial charge in [-0.05, 0) is 25.8 Å². The van der Waals surface area contributed by atoms with E-state index in [9.17, 15) is 0 Å². The van der Waals surface area contributed by atoms with E-state index in [1.165, 1.54) is 25.0 Å². The van der Waals surface area contributed by atoms with Crippen molar-refractivity contribution in [1.29, 1.82) is 0 Å². The molecular formula is C12H21N3O. The lowest BCUT2D eigenvalue weighted by Gasteiger charge is -2.23. The number of hydrogen-bond acceptors (Lipinski definition) is 3. The van der Waals surface area contributed by atoms with E-state index in [2.05, 4.69) is 21.8 Å². The maximum atomic E-state index is 5.74. The molecule has 1 atom stereocenters. The third-order valence-corrected chi connectivity index (χ3v) is 3.03. The highest BCUT2D eigenvalue weighted by molar-refractivity contribution is 4.98. The van der Waals surface area contributed by atoms with Gasteiger partial charge in [0, 0.05) is 19.3 Å². The summed E-state index contributed by atoms with van der Waals surface area (Å²) in [5, 5.41) is 3.33. The zero-order valence-corrected chi connectivity index (χ0v) is 9.98. The first-order chi connectivity index (χ1) is 7.90. The Balaban J connectivity index is 1.89. The van der Waals surface area contributed by atoms with E-state index in [0.29, 0.717) is 6.10 Å². The summed E-state index contributed by atoms with van der Waals surface area (Å²) in [7, 11) is 0. The van der Waals surface area contributed by atoms with Crippen molar-refractivity contribution in [2.24, 2.45) is 0 Å². The molecule has 2 heterocycles. The first-order valence-electron chi connectivity index (χ1n) is 6.21. The SMILES string of the molecule is CCNCc1cncn1CC1CCCCO1. The molecule has 2 rings (SSSR count). The molecule has 1 N–H and O–H groups in total. The molecule has 0 bridgehead atoms. The average molecular weight is 223 g/mol. The highest BCUT2D eigenvalue weighted by atomic mass is 16.5. The molecule has 0 radical (unpaired) electrons. The summed E-state index contributed by atoms with van der Waals surface area (Å²) >= 11 is 0. The maximum Gasteiger partial charge on any atom is 0.0949 e. The van der Waals surface area contributed by atoms with Crippen LogP contribution in [0.15, 0.2) is 12.5 Å². The molecule has 0 spiro atoms. The van der Waals surface area contributed by atoms with Gasteiger partial charge in [0.1, 0.15) is 0 Å². The molecule has 16 heavy (non-hydrogen) atoms. The quantitative estimate of drug-likeness (QED) is 0.823. The van der Waals surface area contributed by atoms with Crippen LogP contribution in [0.1, 0.15) is 31.9 Å². The molecule has 0 amide bonds. The third-order valence-electron chi connectivity index (χ3n) is 3.03. The van der Waals surface area contributed by atoms with Crippen LogP contribution in [0.5, 0.6) is 0 Å². The Labute approximate surface area is 97.0 Å². The van der Waals surface area contributed by atoms with Crippen molar-refractivity contribution in [1.82, 2.24) is 14.9 Å². The molecule has 0 aliphatic carbocycles. The van der Waals surface area contributed by atoms with Crippen molar-refractivity contribution in [3.8, 4) is 0 Å². The van der Waals surface area contributed by atoms with Crippen LogP contribution in [-0.2, 0) is 17.8 Å². The zero-order chi connectivity index (χ0) is 11.2. The first-order valence-corrected chi connectivity index (χ1v) is 6.21.